The Hall–Kier alpha value is -3.73. The molecule has 170 valence electrons. The number of nitrogens with one attached hydrogen (secondary N) is 2. The van der Waals surface area contributed by atoms with Crippen molar-refractivity contribution in [2.45, 2.75) is 18.1 Å². The summed E-state index contributed by atoms with van der Waals surface area (Å²) in [5, 5.41) is 3.13. The molecule has 0 spiro atoms. The molecule has 1 aromatic carbocycles. The molecule has 0 atom stereocenters. The number of methoxy groups -OCH3 is 1. The van der Waals surface area contributed by atoms with E-state index in [9.17, 15) is 23.2 Å². The first kappa shape index (κ1) is 22.5. The van der Waals surface area contributed by atoms with Crippen LogP contribution in [0.25, 0.3) is 6.08 Å². The molecule has 0 unspecified atom stereocenters. The normalized spacial score (nSPS) is 12.6. The van der Waals surface area contributed by atoms with Crippen LogP contribution in [0.3, 0.4) is 0 Å². The highest BCUT2D eigenvalue weighted by Crippen LogP contribution is 2.27. The number of rotatable bonds is 6. The maximum absolute atomic E-state index is 13.5. The number of nitrogens with zero attached hydrogens (tertiary/aromatic N) is 2. The van der Waals surface area contributed by atoms with Crippen molar-refractivity contribution in [3.63, 3.8) is 0 Å². The van der Waals surface area contributed by atoms with Gasteiger partial charge in [0.05, 0.1) is 24.2 Å². The zero-order valence-electron chi connectivity index (χ0n) is 17.4. The van der Waals surface area contributed by atoms with Crippen molar-refractivity contribution in [3.05, 3.63) is 91.3 Å². The van der Waals surface area contributed by atoms with Crippen LogP contribution in [0.1, 0.15) is 16.7 Å². The van der Waals surface area contributed by atoms with Gasteiger partial charge in [-0.15, -0.1) is 11.8 Å². The Morgan fingerprint density at radius 2 is 2.03 bits per heavy atom. The van der Waals surface area contributed by atoms with Crippen LogP contribution in [0, 0.1) is 11.6 Å². The Balaban J connectivity index is 1.57. The Labute approximate surface area is 190 Å². The van der Waals surface area contributed by atoms with E-state index in [-0.39, 0.29) is 35.9 Å². The minimum Gasteiger partial charge on any atom is -0.481 e. The third-order valence-electron chi connectivity index (χ3n) is 4.95. The quantitative estimate of drug-likeness (QED) is 0.532. The number of hydrogen-bond acceptors (Lipinski definition) is 6. The number of H-pyrrole nitrogens is 1. The SMILES string of the molecule is COc1cc(CNC(=O)C2=Cc3c([nH]c(=O)n(Cc4ccc(F)c(F)c4)c3=O)SC2)ccn1. The number of aromatic amines is 1. The first-order valence-electron chi connectivity index (χ1n) is 9.77. The van der Waals surface area contributed by atoms with E-state index in [1.807, 2.05) is 0 Å². The summed E-state index contributed by atoms with van der Waals surface area (Å²) in [6, 6.07) is 6.59. The molecule has 3 aromatic rings. The lowest BCUT2D eigenvalue weighted by Gasteiger charge is -2.16. The van der Waals surface area contributed by atoms with E-state index in [1.54, 1.807) is 18.3 Å². The summed E-state index contributed by atoms with van der Waals surface area (Å²) >= 11 is 1.16. The highest BCUT2D eigenvalue weighted by Gasteiger charge is 2.22. The number of ether oxygens (including phenoxy) is 1. The molecule has 8 nitrogen and oxygen atoms in total. The zero-order valence-corrected chi connectivity index (χ0v) is 18.2. The summed E-state index contributed by atoms with van der Waals surface area (Å²) in [5.41, 5.74) is 0.248. The molecule has 2 N–H and O–H groups in total. The summed E-state index contributed by atoms with van der Waals surface area (Å²) in [7, 11) is 1.50. The van der Waals surface area contributed by atoms with Gasteiger partial charge in [0.1, 0.15) is 0 Å². The summed E-state index contributed by atoms with van der Waals surface area (Å²) in [6.07, 6.45) is 3.01. The van der Waals surface area contributed by atoms with Gasteiger partial charge in [-0.1, -0.05) is 6.07 Å². The summed E-state index contributed by atoms with van der Waals surface area (Å²) in [5.74, 6) is -1.77. The maximum Gasteiger partial charge on any atom is 0.329 e. The van der Waals surface area contributed by atoms with Crippen LogP contribution in [0.5, 0.6) is 5.88 Å². The molecule has 2 aromatic heterocycles. The lowest BCUT2D eigenvalue weighted by molar-refractivity contribution is -0.117. The largest absolute Gasteiger partial charge is 0.481 e. The molecule has 0 radical (unpaired) electrons. The van der Waals surface area contributed by atoms with Crippen molar-refractivity contribution in [2.24, 2.45) is 0 Å². The summed E-state index contributed by atoms with van der Waals surface area (Å²) < 4.78 is 32.6. The van der Waals surface area contributed by atoms with E-state index < -0.39 is 22.9 Å². The van der Waals surface area contributed by atoms with E-state index in [4.69, 9.17) is 4.74 Å². The topological polar surface area (TPSA) is 106 Å². The Bertz CT molecular complexity index is 1380. The molecule has 0 bridgehead atoms. The molecular formula is C22H18F2N4O4S. The number of amides is 1. The number of halogens is 2. The standard InChI is InChI=1S/C22H18F2N4O4S/c1-32-18-7-12(4-5-25-18)9-26-19(29)14-8-15-20(33-11-14)27-22(31)28(21(15)30)10-13-2-3-16(23)17(24)6-13/h2-8H,9-11H2,1H3,(H,26,29)(H,27,31). The van der Waals surface area contributed by atoms with Gasteiger partial charge >= 0.3 is 5.69 Å². The average Bonchev–Trinajstić information content (AvgIpc) is 2.82. The molecule has 3 heterocycles. The zero-order chi connectivity index (χ0) is 23.5. The van der Waals surface area contributed by atoms with Gasteiger partial charge in [0.25, 0.3) is 5.56 Å². The van der Waals surface area contributed by atoms with E-state index in [0.717, 1.165) is 34.0 Å². The predicted molar refractivity (Wildman–Crippen MR) is 118 cm³/mol. The highest BCUT2D eigenvalue weighted by atomic mass is 32.2. The number of benzene rings is 1. The fourth-order valence-corrected chi connectivity index (χ4v) is 4.21. The van der Waals surface area contributed by atoms with E-state index in [1.165, 1.54) is 19.3 Å². The van der Waals surface area contributed by atoms with Crippen LogP contribution in [0.4, 0.5) is 8.78 Å². The van der Waals surface area contributed by atoms with E-state index >= 15 is 0 Å². The fourth-order valence-electron chi connectivity index (χ4n) is 3.24. The number of fused-ring (bicyclic) bond motifs is 1. The monoisotopic (exact) mass is 472 g/mol. The minimum absolute atomic E-state index is 0.157. The number of pyridine rings is 1. The van der Waals surface area contributed by atoms with Crippen LogP contribution < -0.4 is 21.3 Å². The third-order valence-corrected chi connectivity index (χ3v) is 6.02. The lowest BCUT2D eigenvalue weighted by atomic mass is 10.1. The van der Waals surface area contributed by atoms with Gasteiger partial charge in [-0.05, 0) is 35.4 Å². The van der Waals surface area contributed by atoms with Crippen LogP contribution >= 0.6 is 11.8 Å². The van der Waals surface area contributed by atoms with Crippen LogP contribution in [-0.2, 0) is 17.9 Å². The van der Waals surface area contributed by atoms with Gasteiger partial charge in [-0.25, -0.2) is 18.6 Å². The molecule has 11 heteroatoms. The molecule has 4 rings (SSSR count). The number of carbonyl (C=O) groups is 1. The molecule has 33 heavy (non-hydrogen) atoms. The Morgan fingerprint density at radius 3 is 2.79 bits per heavy atom. The van der Waals surface area contributed by atoms with Gasteiger partial charge in [-0.2, -0.15) is 0 Å². The van der Waals surface area contributed by atoms with Crippen LogP contribution in [0.2, 0.25) is 0 Å². The number of carbonyl (C=O) groups excluding carboxylic acids is 1. The van der Waals surface area contributed by atoms with Crippen molar-refractivity contribution in [3.8, 4) is 5.88 Å². The van der Waals surface area contributed by atoms with Crippen LogP contribution in [0.15, 0.2) is 56.7 Å². The Morgan fingerprint density at radius 1 is 1.21 bits per heavy atom. The third kappa shape index (κ3) is 4.87. The molecule has 0 aliphatic carbocycles. The van der Waals surface area contributed by atoms with Crippen molar-refractivity contribution >= 4 is 23.7 Å². The highest BCUT2D eigenvalue weighted by molar-refractivity contribution is 7.99. The summed E-state index contributed by atoms with van der Waals surface area (Å²) in [6.45, 7) is -0.0128. The summed E-state index contributed by atoms with van der Waals surface area (Å²) in [4.78, 5) is 44.7. The first-order valence-corrected chi connectivity index (χ1v) is 10.8. The van der Waals surface area contributed by atoms with Crippen molar-refractivity contribution < 1.29 is 18.3 Å². The molecule has 0 saturated carbocycles. The van der Waals surface area contributed by atoms with Gasteiger partial charge in [-0.3, -0.25) is 14.2 Å². The molecule has 1 aliphatic heterocycles. The molecule has 1 aliphatic rings. The first-order chi connectivity index (χ1) is 15.9. The molecule has 0 fully saturated rings. The van der Waals surface area contributed by atoms with E-state index in [2.05, 4.69) is 15.3 Å². The second-order valence-corrected chi connectivity index (χ2v) is 8.15. The fraction of sp³-hybridized carbons (Fsp3) is 0.182. The maximum atomic E-state index is 13.5. The van der Waals surface area contributed by atoms with Crippen molar-refractivity contribution in [2.75, 3.05) is 12.9 Å². The average molecular weight is 472 g/mol. The molecular weight excluding hydrogens is 454 g/mol. The van der Waals surface area contributed by atoms with Gasteiger partial charge in [0.2, 0.25) is 11.8 Å². The van der Waals surface area contributed by atoms with E-state index in [0.29, 0.717) is 16.5 Å². The number of hydrogen-bond donors (Lipinski definition) is 2. The Kier molecular flexibility index (Phi) is 6.40. The minimum atomic E-state index is -1.07. The van der Waals surface area contributed by atoms with Crippen molar-refractivity contribution in [1.82, 2.24) is 19.9 Å². The second kappa shape index (κ2) is 9.41. The number of thioether (sulfide) groups is 1. The molecule has 0 saturated heterocycles. The smallest absolute Gasteiger partial charge is 0.329 e. The van der Waals surface area contributed by atoms with Gasteiger partial charge in [0, 0.05) is 30.1 Å². The number of aromatic nitrogens is 3. The van der Waals surface area contributed by atoms with Crippen molar-refractivity contribution in [1.29, 1.82) is 0 Å². The van der Waals surface area contributed by atoms with Gasteiger partial charge in [0.15, 0.2) is 11.6 Å². The molecule has 1 amide bonds. The van der Waals surface area contributed by atoms with Gasteiger partial charge < -0.3 is 15.0 Å². The lowest BCUT2D eigenvalue weighted by Crippen LogP contribution is -2.38. The van der Waals surface area contributed by atoms with Crippen LogP contribution in [-0.4, -0.2) is 33.3 Å². The predicted octanol–water partition coefficient (Wildman–Crippen LogP) is 2.07. The second-order valence-electron chi connectivity index (χ2n) is 7.16.